The average molecular weight is 520 g/mol. The number of benzene rings is 2. The Morgan fingerprint density at radius 3 is 2.49 bits per heavy atom. The first kappa shape index (κ1) is 25.0. The zero-order chi connectivity index (χ0) is 26.3. The van der Waals surface area contributed by atoms with Crippen LogP contribution in [-0.4, -0.2) is 29.3 Å². The Kier molecular flexibility index (Phi) is 6.72. The smallest absolute Gasteiger partial charge is 0.297 e. The highest BCUT2D eigenvalue weighted by atomic mass is 32.1. The normalized spacial score (nSPS) is 14.9. The van der Waals surface area contributed by atoms with Gasteiger partial charge in [-0.3, -0.25) is 14.5 Å². The molecule has 5 rings (SSSR count). The Morgan fingerprint density at radius 2 is 1.78 bits per heavy atom. The number of nitrogens with zero attached hydrogens (tertiary/aromatic N) is 3. The van der Waals surface area contributed by atoms with Gasteiger partial charge in [-0.25, -0.2) is 0 Å². The Hall–Kier alpha value is -3.72. The van der Waals surface area contributed by atoms with Crippen LogP contribution in [0.2, 0.25) is 0 Å². The van der Waals surface area contributed by atoms with Crippen LogP contribution in [0.1, 0.15) is 71.1 Å². The van der Waals surface area contributed by atoms with Crippen molar-refractivity contribution >= 4 is 33.3 Å². The average Bonchev–Trinajstić information content (AvgIpc) is 3.47. The van der Waals surface area contributed by atoms with Crippen LogP contribution in [-0.2, 0) is 6.42 Å². The third kappa shape index (κ3) is 4.27. The molecule has 0 fully saturated rings. The summed E-state index contributed by atoms with van der Waals surface area (Å²) in [7, 11) is 0. The number of fused-ring (bicyclic) bond motifs is 2. The molecule has 1 aliphatic rings. The lowest BCUT2D eigenvalue weighted by Crippen LogP contribution is -2.29. The van der Waals surface area contributed by atoms with Crippen molar-refractivity contribution in [2.45, 2.75) is 53.5 Å². The first-order chi connectivity index (χ1) is 17.9. The molecule has 4 aromatic rings. The third-order valence-electron chi connectivity index (χ3n) is 6.50. The molecule has 1 amide bonds. The highest BCUT2D eigenvalue weighted by Crippen LogP contribution is 2.44. The van der Waals surface area contributed by atoms with E-state index in [-0.39, 0.29) is 11.2 Å². The maximum Gasteiger partial charge on any atom is 0.297 e. The van der Waals surface area contributed by atoms with Gasteiger partial charge in [-0.1, -0.05) is 31.3 Å². The molecule has 9 heteroatoms. The molecule has 0 spiro atoms. The standard InChI is InChI=1S/C28H29N3O5S/c1-6-11-35-19-10-9-17(14-21(19)34-8-3)24-23-25(32)18-12-15(4)16(5)13-20(18)36-26(23)27(33)31(24)28-30-29-22(7-2)37-28/h9-10,12-14,24H,6-8,11H2,1-5H3. The molecule has 1 atom stereocenters. The molecule has 0 radical (unpaired) electrons. The lowest BCUT2D eigenvalue weighted by Gasteiger charge is -2.23. The van der Waals surface area contributed by atoms with Crippen LogP contribution in [0, 0.1) is 13.8 Å². The fourth-order valence-corrected chi connectivity index (χ4v) is 5.33. The van der Waals surface area contributed by atoms with Crippen LogP contribution < -0.4 is 19.8 Å². The van der Waals surface area contributed by atoms with Crippen LogP contribution in [0.25, 0.3) is 11.0 Å². The number of ether oxygens (including phenoxy) is 2. The van der Waals surface area contributed by atoms with Crippen molar-refractivity contribution in [2.24, 2.45) is 0 Å². The molecule has 8 nitrogen and oxygen atoms in total. The van der Waals surface area contributed by atoms with Gasteiger partial charge < -0.3 is 13.9 Å². The van der Waals surface area contributed by atoms with Crippen LogP contribution in [0.5, 0.6) is 11.5 Å². The number of carbonyl (C=O) groups excluding carboxylic acids is 1. The molecule has 37 heavy (non-hydrogen) atoms. The van der Waals surface area contributed by atoms with Crippen molar-refractivity contribution in [1.82, 2.24) is 10.2 Å². The maximum atomic E-state index is 13.9. The minimum Gasteiger partial charge on any atom is -0.490 e. The summed E-state index contributed by atoms with van der Waals surface area (Å²) >= 11 is 1.33. The highest BCUT2D eigenvalue weighted by Gasteiger charge is 2.45. The van der Waals surface area contributed by atoms with E-state index in [0.717, 1.165) is 22.6 Å². The number of hydrogen-bond acceptors (Lipinski definition) is 8. The predicted molar refractivity (Wildman–Crippen MR) is 143 cm³/mol. The third-order valence-corrected chi connectivity index (χ3v) is 7.56. The summed E-state index contributed by atoms with van der Waals surface area (Å²) in [5.41, 5.74) is 3.11. The number of aryl methyl sites for hydroxylation is 3. The topological polar surface area (TPSA) is 94.8 Å². The van der Waals surface area contributed by atoms with E-state index >= 15 is 0 Å². The molecule has 0 saturated carbocycles. The number of anilines is 1. The van der Waals surface area contributed by atoms with Crippen LogP contribution in [0.4, 0.5) is 5.13 Å². The van der Waals surface area contributed by atoms with E-state index < -0.39 is 11.9 Å². The molecule has 0 bridgehead atoms. The fourth-order valence-electron chi connectivity index (χ4n) is 4.52. The monoisotopic (exact) mass is 519 g/mol. The zero-order valence-electron chi connectivity index (χ0n) is 21.6. The van der Waals surface area contributed by atoms with E-state index in [1.165, 1.54) is 16.2 Å². The zero-order valence-corrected chi connectivity index (χ0v) is 22.4. The molecule has 1 unspecified atom stereocenters. The minimum absolute atomic E-state index is 0.0308. The maximum absolute atomic E-state index is 13.9. The largest absolute Gasteiger partial charge is 0.490 e. The second-order valence-electron chi connectivity index (χ2n) is 9.00. The summed E-state index contributed by atoms with van der Waals surface area (Å²) in [5, 5.41) is 10.2. The van der Waals surface area contributed by atoms with E-state index in [1.54, 1.807) is 0 Å². The van der Waals surface area contributed by atoms with Gasteiger partial charge in [0.15, 0.2) is 16.9 Å². The number of aromatic nitrogens is 2. The van der Waals surface area contributed by atoms with Crippen molar-refractivity contribution in [1.29, 1.82) is 0 Å². The molecule has 2 aromatic carbocycles. The molecule has 192 valence electrons. The Bertz CT molecular complexity index is 1560. The fraction of sp³-hybridized carbons (Fsp3) is 0.357. The lowest BCUT2D eigenvalue weighted by atomic mass is 9.97. The van der Waals surface area contributed by atoms with Crippen LogP contribution in [0.15, 0.2) is 39.5 Å². The van der Waals surface area contributed by atoms with E-state index in [0.29, 0.717) is 58.4 Å². The molecule has 1 aliphatic heterocycles. The lowest BCUT2D eigenvalue weighted by molar-refractivity contribution is 0.0970. The number of hydrogen-bond donors (Lipinski definition) is 0. The van der Waals surface area contributed by atoms with E-state index in [4.69, 9.17) is 13.9 Å². The second kappa shape index (κ2) is 9.97. The van der Waals surface area contributed by atoms with Crippen LogP contribution in [0.3, 0.4) is 0 Å². The molecule has 3 heterocycles. The number of amides is 1. The Balaban J connectivity index is 1.75. The first-order valence-electron chi connectivity index (χ1n) is 12.5. The highest BCUT2D eigenvalue weighted by molar-refractivity contribution is 7.15. The summed E-state index contributed by atoms with van der Waals surface area (Å²) in [6.07, 6.45) is 1.55. The summed E-state index contributed by atoms with van der Waals surface area (Å²) < 4.78 is 17.9. The van der Waals surface area contributed by atoms with Gasteiger partial charge in [0, 0.05) is 0 Å². The SMILES string of the molecule is CCCOc1ccc(C2c3c(oc4cc(C)c(C)cc4c3=O)C(=O)N2c2nnc(CC)s2)cc1OCC. The van der Waals surface area contributed by atoms with Crippen molar-refractivity contribution in [2.75, 3.05) is 18.1 Å². The summed E-state index contributed by atoms with van der Waals surface area (Å²) in [6, 6.07) is 8.41. The minimum atomic E-state index is -0.748. The molecule has 0 aliphatic carbocycles. The van der Waals surface area contributed by atoms with Gasteiger partial charge in [0.05, 0.1) is 30.2 Å². The Labute approximate surface area is 218 Å². The molecule has 0 N–H and O–H groups in total. The van der Waals surface area contributed by atoms with Gasteiger partial charge >= 0.3 is 0 Å². The summed E-state index contributed by atoms with van der Waals surface area (Å²) in [5.74, 6) is 0.783. The summed E-state index contributed by atoms with van der Waals surface area (Å²) in [6.45, 7) is 10.8. The molecule has 2 aromatic heterocycles. The van der Waals surface area contributed by atoms with Gasteiger partial charge in [0.2, 0.25) is 10.9 Å². The van der Waals surface area contributed by atoms with Crippen molar-refractivity contribution < 1.29 is 18.7 Å². The number of carbonyl (C=O) groups is 1. The predicted octanol–water partition coefficient (Wildman–Crippen LogP) is 5.76. The quantitative estimate of drug-likeness (QED) is 0.292. The van der Waals surface area contributed by atoms with Gasteiger partial charge in [-0.15, -0.1) is 10.2 Å². The van der Waals surface area contributed by atoms with Gasteiger partial charge in [0.25, 0.3) is 5.91 Å². The molecule has 0 saturated heterocycles. The molecular weight excluding hydrogens is 490 g/mol. The van der Waals surface area contributed by atoms with E-state index in [9.17, 15) is 9.59 Å². The van der Waals surface area contributed by atoms with E-state index in [2.05, 4.69) is 10.2 Å². The van der Waals surface area contributed by atoms with Crippen molar-refractivity contribution in [3.63, 3.8) is 0 Å². The summed E-state index contributed by atoms with van der Waals surface area (Å²) in [4.78, 5) is 29.3. The van der Waals surface area contributed by atoms with Crippen molar-refractivity contribution in [3.8, 4) is 11.5 Å². The second-order valence-corrected chi connectivity index (χ2v) is 10.0. The van der Waals surface area contributed by atoms with Crippen LogP contribution >= 0.6 is 11.3 Å². The van der Waals surface area contributed by atoms with Gasteiger partial charge in [-0.2, -0.15) is 0 Å². The molecular formula is C28H29N3O5S. The Morgan fingerprint density at radius 1 is 1.00 bits per heavy atom. The van der Waals surface area contributed by atoms with E-state index in [1.807, 2.05) is 65.0 Å². The van der Waals surface area contributed by atoms with Gasteiger partial charge in [0.1, 0.15) is 10.6 Å². The number of rotatable bonds is 8. The van der Waals surface area contributed by atoms with Crippen molar-refractivity contribution in [3.05, 3.63) is 73.6 Å². The van der Waals surface area contributed by atoms with Gasteiger partial charge in [-0.05, 0) is 74.6 Å². The first-order valence-corrected chi connectivity index (χ1v) is 13.3.